The molecule has 27 heavy (non-hydrogen) atoms. The molecule has 1 N–H and O–H groups in total. The highest BCUT2D eigenvalue weighted by atomic mass is 19.4. The summed E-state index contributed by atoms with van der Waals surface area (Å²) in [6.45, 7) is 3.69. The van der Waals surface area contributed by atoms with Crippen LogP contribution in [-0.4, -0.2) is 35.7 Å². The molecule has 0 saturated carbocycles. The Morgan fingerprint density at radius 2 is 1.85 bits per heavy atom. The van der Waals surface area contributed by atoms with Crippen LogP contribution in [0.25, 0.3) is 22.3 Å². The zero-order valence-corrected chi connectivity index (χ0v) is 15.0. The van der Waals surface area contributed by atoms with E-state index < -0.39 is 11.7 Å². The Kier molecular flexibility index (Phi) is 5.22. The number of hydrogen-bond acceptors (Lipinski definition) is 5. The van der Waals surface area contributed by atoms with Gasteiger partial charge < -0.3 is 19.2 Å². The van der Waals surface area contributed by atoms with Crippen molar-refractivity contribution in [2.24, 2.45) is 0 Å². The van der Waals surface area contributed by atoms with E-state index in [0.717, 1.165) is 12.1 Å². The van der Waals surface area contributed by atoms with Crippen molar-refractivity contribution >= 4 is 11.0 Å². The van der Waals surface area contributed by atoms with Crippen LogP contribution in [0.5, 0.6) is 11.5 Å². The van der Waals surface area contributed by atoms with Gasteiger partial charge in [0.05, 0.1) is 23.3 Å². The average Bonchev–Trinajstić information content (AvgIpc) is 3.01. The van der Waals surface area contributed by atoms with Gasteiger partial charge in [0.15, 0.2) is 12.4 Å². The van der Waals surface area contributed by atoms with E-state index in [-0.39, 0.29) is 12.5 Å². The van der Waals surface area contributed by atoms with Gasteiger partial charge in [0, 0.05) is 18.9 Å². The van der Waals surface area contributed by atoms with E-state index in [1.807, 2.05) is 6.92 Å². The molecule has 144 valence electrons. The van der Waals surface area contributed by atoms with Crippen molar-refractivity contribution in [1.82, 2.24) is 15.2 Å². The first-order chi connectivity index (χ1) is 12.8. The van der Waals surface area contributed by atoms with Crippen molar-refractivity contribution in [3.05, 3.63) is 35.5 Å². The molecule has 0 radical (unpaired) electrons. The van der Waals surface area contributed by atoms with Gasteiger partial charge in [0.1, 0.15) is 11.5 Å². The first-order valence-electron chi connectivity index (χ1n) is 8.16. The number of nitrogens with one attached hydrogen (secondary N) is 1. The second-order valence-corrected chi connectivity index (χ2v) is 5.79. The van der Waals surface area contributed by atoms with Gasteiger partial charge in [-0.1, -0.05) is 0 Å². The van der Waals surface area contributed by atoms with Gasteiger partial charge in [-0.05, 0) is 37.6 Å². The molecule has 0 unspecified atom stereocenters. The minimum atomic E-state index is -4.49. The van der Waals surface area contributed by atoms with Gasteiger partial charge in [-0.2, -0.15) is 13.2 Å². The lowest BCUT2D eigenvalue weighted by molar-refractivity contribution is -0.137. The Morgan fingerprint density at radius 3 is 2.52 bits per heavy atom. The summed E-state index contributed by atoms with van der Waals surface area (Å²) < 4.78 is 55.3. The van der Waals surface area contributed by atoms with Crippen molar-refractivity contribution in [3.63, 3.8) is 0 Å². The molecule has 2 heterocycles. The molecule has 0 aliphatic carbocycles. The summed E-state index contributed by atoms with van der Waals surface area (Å²) in [5.74, 6) is 0.610. The van der Waals surface area contributed by atoms with Gasteiger partial charge in [0.2, 0.25) is 0 Å². The third-order valence-corrected chi connectivity index (χ3v) is 3.91. The average molecular weight is 381 g/mol. The number of aryl methyl sites for hydroxylation is 1. The number of nitrogens with zero attached hydrogens (tertiary/aromatic N) is 2. The summed E-state index contributed by atoms with van der Waals surface area (Å²) in [5, 5.41) is 8.91. The lowest BCUT2D eigenvalue weighted by atomic mass is 10.00. The molecule has 0 atom stereocenters. The molecule has 3 rings (SSSR count). The van der Waals surface area contributed by atoms with Crippen molar-refractivity contribution in [1.29, 1.82) is 0 Å². The maximum Gasteiger partial charge on any atom is 0.416 e. The maximum absolute atomic E-state index is 13.2. The van der Waals surface area contributed by atoms with E-state index in [1.165, 1.54) is 7.11 Å². The Hall–Kier alpha value is -2.81. The predicted molar refractivity (Wildman–Crippen MR) is 92.7 cm³/mol. The molecule has 0 bridgehead atoms. The molecule has 0 aliphatic rings. The maximum atomic E-state index is 13.2. The van der Waals surface area contributed by atoms with Crippen LogP contribution < -0.4 is 9.47 Å². The first-order valence-corrected chi connectivity index (χ1v) is 8.16. The highest BCUT2D eigenvalue weighted by molar-refractivity contribution is 5.87. The van der Waals surface area contributed by atoms with Crippen molar-refractivity contribution in [3.8, 4) is 22.8 Å². The van der Waals surface area contributed by atoms with E-state index >= 15 is 0 Å². The number of benzene rings is 1. The van der Waals surface area contributed by atoms with E-state index in [2.05, 4.69) is 15.2 Å². The van der Waals surface area contributed by atoms with Crippen LogP contribution >= 0.6 is 0 Å². The van der Waals surface area contributed by atoms with Crippen LogP contribution in [0.15, 0.2) is 24.4 Å². The number of fused-ring (bicyclic) bond motifs is 1. The summed E-state index contributed by atoms with van der Waals surface area (Å²) in [7, 11) is 1.39. The number of ether oxygens (including phenoxy) is 3. The largest absolute Gasteiger partial charge is 0.492 e. The number of aromatic nitrogens is 3. The van der Waals surface area contributed by atoms with Crippen LogP contribution in [0.1, 0.15) is 18.1 Å². The van der Waals surface area contributed by atoms with Gasteiger partial charge in [-0.25, -0.2) is 0 Å². The molecule has 0 aliphatic heterocycles. The molecule has 0 saturated heterocycles. The third kappa shape index (κ3) is 3.82. The summed E-state index contributed by atoms with van der Waals surface area (Å²) in [6, 6.07) is 3.70. The third-order valence-electron chi connectivity index (χ3n) is 3.91. The smallest absolute Gasteiger partial charge is 0.416 e. The zero-order chi connectivity index (χ0) is 19.6. The normalized spacial score (nSPS) is 11.8. The summed E-state index contributed by atoms with van der Waals surface area (Å²) in [4.78, 5) is 2.95. The SMILES string of the molecule is CCOc1c[nH]c2nnc(-c3c(C)cc(C(F)(F)F)cc3OCOC)cc12. The molecular weight excluding hydrogens is 363 g/mol. The standard InChI is InChI=1S/C18H18F3N3O3/c1-4-26-15-8-22-17-12(15)7-13(23-24-17)16-10(2)5-11(18(19,20)21)6-14(16)27-9-25-3/h5-8H,4,9H2,1-3H3,(H,22,24). The number of halogens is 3. The van der Waals surface area contributed by atoms with Crippen molar-refractivity contribution in [2.75, 3.05) is 20.5 Å². The van der Waals surface area contributed by atoms with Crippen LogP contribution in [0.3, 0.4) is 0 Å². The molecule has 0 fully saturated rings. The number of rotatable bonds is 6. The Balaban J connectivity index is 2.17. The monoisotopic (exact) mass is 381 g/mol. The minimum Gasteiger partial charge on any atom is -0.492 e. The fourth-order valence-electron chi connectivity index (χ4n) is 2.78. The Morgan fingerprint density at radius 1 is 1.07 bits per heavy atom. The van der Waals surface area contributed by atoms with Crippen molar-refractivity contribution < 1.29 is 27.4 Å². The number of methoxy groups -OCH3 is 1. The quantitative estimate of drug-likeness (QED) is 0.644. The summed E-state index contributed by atoms with van der Waals surface area (Å²) >= 11 is 0. The molecule has 1 aromatic carbocycles. The number of hydrogen-bond donors (Lipinski definition) is 1. The molecule has 3 aromatic rings. The van der Waals surface area contributed by atoms with Crippen LogP contribution in [0, 0.1) is 6.92 Å². The zero-order valence-electron chi connectivity index (χ0n) is 15.0. The Labute approximate surface area is 153 Å². The van der Waals surface area contributed by atoms with E-state index in [1.54, 1.807) is 19.2 Å². The second-order valence-electron chi connectivity index (χ2n) is 5.79. The van der Waals surface area contributed by atoms with Crippen LogP contribution in [0.4, 0.5) is 13.2 Å². The molecule has 2 aromatic heterocycles. The van der Waals surface area contributed by atoms with Gasteiger partial charge in [-0.15, -0.1) is 10.2 Å². The van der Waals surface area contributed by atoms with Gasteiger partial charge >= 0.3 is 6.18 Å². The van der Waals surface area contributed by atoms with Gasteiger partial charge in [0.25, 0.3) is 0 Å². The summed E-state index contributed by atoms with van der Waals surface area (Å²) in [6.07, 6.45) is -2.83. The lowest BCUT2D eigenvalue weighted by Crippen LogP contribution is -2.09. The Bertz CT molecular complexity index is 954. The van der Waals surface area contributed by atoms with E-state index in [9.17, 15) is 13.2 Å². The summed E-state index contributed by atoms with van der Waals surface area (Å²) in [5.41, 5.74) is 0.864. The molecule has 6 nitrogen and oxygen atoms in total. The van der Waals surface area contributed by atoms with Gasteiger partial charge in [-0.3, -0.25) is 0 Å². The molecular formula is C18H18F3N3O3. The number of aromatic amines is 1. The lowest BCUT2D eigenvalue weighted by Gasteiger charge is -2.16. The van der Waals surface area contributed by atoms with Crippen LogP contribution in [0.2, 0.25) is 0 Å². The number of H-pyrrole nitrogens is 1. The van der Waals surface area contributed by atoms with Crippen molar-refractivity contribution in [2.45, 2.75) is 20.0 Å². The van der Waals surface area contributed by atoms with Crippen LogP contribution in [-0.2, 0) is 10.9 Å². The highest BCUT2D eigenvalue weighted by Gasteiger charge is 2.32. The molecule has 0 amide bonds. The van der Waals surface area contributed by atoms with E-state index in [0.29, 0.717) is 40.2 Å². The first kappa shape index (κ1) is 19.0. The number of alkyl halides is 3. The molecule has 9 heteroatoms. The fraction of sp³-hybridized carbons (Fsp3) is 0.333. The predicted octanol–water partition coefficient (Wildman–Crippen LogP) is 4.33. The topological polar surface area (TPSA) is 69.3 Å². The highest BCUT2D eigenvalue weighted by Crippen LogP contribution is 2.40. The second kappa shape index (κ2) is 7.43. The minimum absolute atomic E-state index is 0.0197. The molecule has 0 spiro atoms. The van der Waals surface area contributed by atoms with E-state index in [4.69, 9.17) is 14.2 Å². The fourth-order valence-corrected chi connectivity index (χ4v) is 2.78.